The number of hydrogen-bond donors (Lipinski definition) is 2. The van der Waals surface area contributed by atoms with Crippen LogP contribution in [0.5, 0.6) is 0 Å². The Bertz CT molecular complexity index is 561. The fourth-order valence-electron chi connectivity index (χ4n) is 1.81. The van der Waals surface area contributed by atoms with Gasteiger partial charge < -0.3 is 5.43 Å². The summed E-state index contributed by atoms with van der Waals surface area (Å²) in [6.45, 7) is 0.520. The number of alkyl halides is 3. The molecule has 3 rings (SSSR count). The number of aromatic nitrogens is 1. The minimum atomic E-state index is -4.37. The van der Waals surface area contributed by atoms with Gasteiger partial charge in [0.25, 0.3) is 0 Å². The van der Waals surface area contributed by atoms with Crippen molar-refractivity contribution in [2.45, 2.75) is 12.7 Å². The second kappa shape index (κ2) is 3.08. The van der Waals surface area contributed by atoms with Crippen molar-refractivity contribution in [1.82, 2.24) is 10.4 Å². The van der Waals surface area contributed by atoms with E-state index in [1.807, 2.05) is 0 Å². The van der Waals surface area contributed by atoms with Crippen LogP contribution >= 0.6 is 11.3 Å². The minimum Gasteiger partial charge on any atom is -0.321 e. The third kappa shape index (κ3) is 1.28. The molecule has 0 bridgehead atoms. The molecule has 1 aromatic heterocycles. The zero-order valence-electron chi connectivity index (χ0n) is 7.85. The van der Waals surface area contributed by atoms with Gasteiger partial charge in [0.2, 0.25) is 0 Å². The molecule has 0 aliphatic carbocycles. The van der Waals surface area contributed by atoms with Crippen LogP contribution in [-0.2, 0) is 12.7 Å². The van der Waals surface area contributed by atoms with Crippen LogP contribution in [-0.4, -0.2) is 4.98 Å². The van der Waals surface area contributed by atoms with E-state index in [0.717, 1.165) is 11.6 Å². The molecule has 2 aromatic rings. The lowest BCUT2D eigenvalue weighted by atomic mass is 10.1. The summed E-state index contributed by atoms with van der Waals surface area (Å²) in [6.07, 6.45) is -4.37. The lowest BCUT2D eigenvalue weighted by Gasteiger charge is -2.09. The summed E-state index contributed by atoms with van der Waals surface area (Å²) in [6, 6.07) is 1.11. The third-order valence-electron chi connectivity index (χ3n) is 2.50. The van der Waals surface area contributed by atoms with Gasteiger partial charge in [-0.05, 0) is 6.07 Å². The Balaban J connectivity index is 2.38. The van der Waals surface area contributed by atoms with Gasteiger partial charge in [0.05, 0.1) is 27.0 Å². The molecule has 16 heavy (non-hydrogen) atoms. The van der Waals surface area contributed by atoms with Crippen molar-refractivity contribution < 1.29 is 13.2 Å². The van der Waals surface area contributed by atoms with Crippen LogP contribution in [0.15, 0.2) is 11.6 Å². The van der Waals surface area contributed by atoms with E-state index in [-0.39, 0.29) is 5.52 Å². The summed E-state index contributed by atoms with van der Waals surface area (Å²) in [5.74, 6) is 0. The summed E-state index contributed by atoms with van der Waals surface area (Å²) in [5, 5.41) is 0. The number of nitrogens with one attached hydrogen (secondary N) is 2. The SMILES string of the molecule is FC(F)(F)c1cc2c(c3scnc13)CNN2. The zero-order chi connectivity index (χ0) is 11.3. The number of benzene rings is 1. The molecule has 3 nitrogen and oxygen atoms in total. The molecule has 84 valence electrons. The quantitative estimate of drug-likeness (QED) is 0.749. The van der Waals surface area contributed by atoms with Gasteiger partial charge >= 0.3 is 6.18 Å². The molecule has 1 aromatic carbocycles. The summed E-state index contributed by atoms with van der Waals surface area (Å²) in [5.41, 5.74) is 7.68. The molecule has 0 unspecified atom stereocenters. The van der Waals surface area contributed by atoms with E-state index in [2.05, 4.69) is 15.8 Å². The molecule has 7 heteroatoms. The molecule has 2 N–H and O–H groups in total. The summed E-state index contributed by atoms with van der Waals surface area (Å²) < 4.78 is 38.9. The molecule has 0 fully saturated rings. The third-order valence-corrected chi connectivity index (χ3v) is 3.39. The normalized spacial score (nSPS) is 15.2. The first-order valence-electron chi connectivity index (χ1n) is 4.52. The molecule has 0 saturated heterocycles. The lowest BCUT2D eigenvalue weighted by molar-refractivity contribution is -0.136. The van der Waals surface area contributed by atoms with Crippen LogP contribution in [0.1, 0.15) is 11.1 Å². The van der Waals surface area contributed by atoms with E-state index in [9.17, 15) is 13.2 Å². The van der Waals surface area contributed by atoms with Gasteiger partial charge in [-0.15, -0.1) is 11.3 Å². The fourth-order valence-corrected chi connectivity index (χ4v) is 2.67. The van der Waals surface area contributed by atoms with Gasteiger partial charge in [0, 0.05) is 12.1 Å². The summed E-state index contributed by atoms with van der Waals surface area (Å²) >= 11 is 1.23. The monoisotopic (exact) mass is 245 g/mol. The number of halogens is 3. The van der Waals surface area contributed by atoms with Crippen LogP contribution in [0.2, 0.25) is 0 Å². The van der Waals surface area contributed by atoms with E-state index in [0.29, 0.717) is 16.9 Å². The Kier molecular flexibility index (Phi) is 1.90. The van der Waals surface area contributed by atoms with E-state index in [1.54, 1.807) is 0 Å². The molecule has 1 aliphatic rings. The van der Waals surface area contributed by atoms with Crippen LogP contribution in [0.25, 0.3) is 10.2 Å². The number of nitrogens with zero attached hydrogens (tertiary/aromatic N) is 1. The van der Waals surface area contributed by atoms with Crippen LogP contribution < -0.4 is 10.9 Å². The summed E-state index contributed by atoms with van der Waals surface area (Å²) in [4.78, 5) is 3.81. The van der Waals surface area contributed by atoms with Crippen molar-refractivity contribution in [3.8, 4) is 0 Å². The first-order valence-corrected chi connectivity index (χ1v) is 5.40. The average Bonchev–Trinajstić information content (AvgIpc) is 2.82. The first-order chi connectivity index (χ1) is 7.57. The Hall–Kier alpha value is -1.34. The number of hydrazine groups is 1. The molecular formula is C9H6F3N3S. The highest BCUT2D eigenvalue weighted by Gasteiger charge is 2.35. The number of rotatable bonds is 0. The van der Waals surface area contributed by atoms with Crippen molar-refractivity contribution in [2.24, 2.45) is 0 Å². The van der Waals surface area contributed by atoms with Gasteiger partial charge in [0.1, 0.15) is 0 Å². The smallest absolute Gasteiger partial charge is 0.321 e. The van der Waals surface area contributed by atoms with Gasteiger partial charge in [-0.3, -0.25) is 0 Å². The van der Waals surface area contributed by atoms with Crippen molar-refractivity contribution in [3.63, 3.8) is 0 Å². The van der Waals surface area contributed by atoms with Crippen LogP contribution in [0, 0.1) is 0 Å². The average molecular weight is 245 g/mol. The van der Waals surface area contributed by atoms with Gasteiger partial charge in [-0.2, -0.15) is 13.2 Å². The summed E-state index contributed by atoms with van der Waals surface area (Å²) in [7, 11) is 0. The van der Waals surface area contributed by atoms with Crippen molar-refractivity contribution in [2.75, 3.05) is 5.43 Å². The fraction of sp³-hybridized carbons (Fsp3) is 0.222. The van der Waals surface area contributed by atoms with Crippen LogP contribution in [0.4, 0.5) is 18.9 Å². The minimum absolute atomic E-state index is 0.0433. The Morgan fingerprint density at radius 1 is 1.38 bits per heavy atom. The topological polar surface area (TPSA) is 37.0 Å². The second-order valence-corrected chi connectivity index (χ2v) is 4.31. The zero-order valence-corrected chi connectivity index (χ0v) is 8.67. The number of thiazole rings is 1. The highest BCUT2D eigenvalue weighted by atomic mass is 32.1. The van der Waals surface area contributed by atoms with E-state index < -0.39 is 11.7 Å². The maximum Gasteiger partial charge on any atom is 0.418 e. The molecule has 0 amide bonds. The largest absolute Gasteiger partial charge is 0.418 e. The molecule has 0 spiro atoms. The second-order valence-electron chi connectivity index (χ2n) is 3.46. The first kappa shape index (κ1) is 9.86. The van der Waals surface area contributed by atoms with Gasteiger partial charge in [-0.1, -0.05) is 0 Å². The van der Waals surface area contributed by atoms with E-state index >= 15 is 0 Å². The predicted octanol–water partition coefficient (Wildman–Crippen LogP) is 2.75. The Morgan fingerprint density at radius 2 is 2.19 bits per heavy atom. The number of anilines is 1. The Morgan fingerprint density at radius 3 is 2.94 bits per heavy atom. The molecular weight excluding hydrogens is 239 g/mol. The van der Waals surface area contributed by atoms with Crippen molar-refractivity contribution in [3.05, 3.63) is 22.7 Å². The van der Waals surface area contributed by atoms with Gasteiger partial charge in [0.15, 0.2) is 0 Å². The maximum absolute atomic E-state index is 12.8. The number of hydrogen-bond acceptors (Lipinski definition) is 4. The van der Waals surface area contributed by atoms with Crippen LogP contribution in [0.3, 0.4) is 0 Å². The maximum atomic E-state index is 12.8. The molecule has 0 atom stereocenters. The molecule has 2 heterocycles. The van der Waals surface area contributed by atoms with Crippen molar-refractivity contribution in [1.29, 1.82) is 0 Å². The lowest BCUT2D eigenvalue weighted by Crippen LogP contribution is -2.11. The highest BCUT2D eigenvalue weighted by molar-refractivity contribution is 7.17. The van der Waals surface area contributed by atoms with E-state index in [1.165, 1.54) is 16.8 Å². The predicted molar refractivity (Wildman–Crippen MR) is 55.1 cm³/mol. The molecule has 1 aliphatic heterocycles. The Labute approximate surface area is 92.3 Å². The van der Waals surface area contributed by atoms with Gasteiger partial charge in [-0.25, -0.2) is 10.4 Å². The number of fused-ring (bicyclic) bond motifs is 3. The van der Waals surface area contributed by atoms with E-state index in [4.69, 9.17) is 0 Å². The standard InChI is InChI=1S/C9H6F3N3S/c10-9(11,12)5-1-6-4(2-14-15-6)8-7(5)13-3-16-8/h1,3,14-15H,2H2. The molecule has 0 radical (unpaired) electrons. The molecule has 0 saturated carbocycles. The highest BCUT2D eigenvalue weighted by Crippen LogP contribution is 2.41. The van der Waals surface area contributed by atoms with Crippen molar-refractivity contribution >= 4 is 27.2 Å².